The quantitative estimate of drug-likeness (QED) is 0.791. The fourth-order valence-corrected chi connectivity index (χ4v) is 2.28. The van der Waals surface area contributed by atoms with Crippen molar-refractivity contribution in [2.75, 3.05) is 14.2 Å². The van der Waals surface area contributed by atoms with Gasteiger partial charge in [-0.2, -0.15) is 0 Å². The first-order valence-corrected chi connectivity index (χ1v) is 7.92. The van der Waals surface area contributed by atoms with E-state index in [0.717, 1.165) is 17.5 Å². The molecule has 0 bridgehead atoms. The first-order valence-electron chi connectivity index (χ1n) is 7.92. The highest BCUT2D eigenvalue weighted by Gasteiger charge is 2.05. The Morgan fingerprint density at radius 1 is 1.00 bits per heavy atom. The Labute approximate surface area is 143 Å². The molecule has 0 heterocycles. The lowest BCUT2D eigenvalue weighted by atomic mass is 10.1. The van der Waals surface area contributed by atoms with Crippen LogP contribution in [0.5, 0.6) is 11.5 Å². The van der Waals surface area contributed by atoms with Crippen LogP contribution in [0, 0.1) is 0 Å². The topological polar surface area (TPSA) is 47.6 Å². The van der Waals surface area contributed by atoms with Gasteiger partial charge in [-0.25, -0.2) is 0 Å². The highest BCUT2D eigenvalue weighted by molar-refractivity contribution is 5.91. The summed E-state index contributed by atoms with van der Waals surface area (Å²) < 4.78 is 10.5. The Morgan fingerprint density at radius 3 is 2.29 bits per heavy atom. The summed E-state index contributed by atoms with van der Waals surface area (Å²) in [6.07, 6.45) is 4.36. The van der Waals surface area contributed by atoms with Crippen molar-refractivity contribution in [3.63, 3.8) is 0 Å². The zero-order chi connectivity index (χ0) is 17.4. The molecule has 4 heteroatoms. The number of amides is 1. The van der Waals surface area contributed by atoms with E-state index in [0.29, 0.717) is 18.0 Å². The lowest BCUT2D eigenvalue weighted by molar-refractivity contribution is -0.116. The third-order valence-electron chi connectivity index (χ3n) is 3.73. The van der Waals surface area contributed by atoms with Gasteiger partial charge in [0.05, 0.1) is 14.2 Å². The molecule has 0 aliphatic carbocycles. The number of ether oxygens (including phenoxy) is 2. The van der Waals surface area contributed by atoms with E-state index in [2.05, 4.69) is 24.4 Å². The van der Waals surface area contributed by atoms with Gasteiger partial charge in [0.2, 0.25) is 5.91 Å². The number of rotatable bonds is 7. The van der Waals surface area contributed by atoms with Crippen LogP contribution in [0.2, 0.25) is 0 Å². The van der Waals surface area contributed by atoms with Crippen molar-refractivity contribution >= 4 is 12.0 Å². The Morgan fingerprint density at radius 2 is 1.67 bits per heavy atom. The largest absolute Gasteiger partial charge is 0.493 e. The van der Waals surface area contributed by atoms with Crippen LogP contribution in [0.15, 0.2) is 48.5 Å². The van der Waals surface area contributed by atoms with E-state index in [1.54, 1.807) is 20.3 Å². The van der Waals surface area contributed by atoms with E-state index in [1.807, 2.05) is 36.4 Å². The molecule has 0 spiro atoms. The van der Waals surface area contributed by atoms with Crippen molar-refractivity contribution in [3.05, 3.63) is 65.2 Å². The van der Waals surface area contributed by atoms with Gasteiger partial charge in [0.25, 0.3) is 0 Å². The van der Waals surface area contributed by atoms with Crippen molar-refractivity contribution in [2.45, 2.75) is 19.9 Å². The second kappa shape index (κ2) is 8.77. The zero-order valence-corrected chi connectivity index (χ0v) is 14.3. The fraction of sp³-hybridized carbons (Fsp3) is 0.250. The predicted molar refractivity (Wildman–Crippen MR) is 96.2 cm³/mol. The molecular weight excluding hydrogens is 302 g/mol. The number of benzene rings is 2. The first kappa shape index (κ1) is 17.6. The third-order valence-corrected chi connectivity index (χ3v) is 3.73. The highest BCUT2D eigenvalue weighted by Crippen LogP contribution is 2.27. The molecule has 2 aromatic carbocycles. The smallest absolute Gasteiger partial charge is 0.244 e. The number of carbonyl (C=O) groups is 1. The third kappa shape index (κ3) is 4.88. The molecule has 1 amide bonds. The second-order valence-corrected chi connectivity index (χ2v) is 5.34. The van der Waals surface area contributed by atoms with Gasteiger partial charge < -0.3 is 14.8 Å². The van der Waals surface area contributed by atoms with Crippen LogP contribution in [-0.2, 0) is 17.8 Å². The van der Waals surface area contributed by atoms with Crippen LogP contribution in [-0.4, -0.2) is 20.1 Å². The van der Waals surface area contributed by atoms with E-state index in [9.17, 15) is 4.79 Å². The van der Waals surface area contributed by atoms with Crippen LogP contribution in [0.4, 0.5) is 0 Å². The second-order valence-electron chi connectivity index (χ2n) is 5.34. The lowest BCUT2D eigenvalue weighted by Crippen LogP contribution is -2.20. The molecule has 1 N–H and O–H groups in total. The molecule has 2 aromatic rings. The number of carbonyl (C=O) groups excluding carboxylic acids is 1. The predicted octanol–water partition coefficient (Wildman–Crippen LogP) is 3.60. The SMILES string of the molecule is CCc1ccc(/C=C/C(=O)NCc2ccc(OC)c(OC)c2)cc1. The molecule has 0 aromatic heterocycles. The lowest BCUT2D eigenvalue weighted by Gasteiger charge is -2.09. The summed E-state index contributed by atoms with van der Waals surface area (Å²) in [4.78, 5) is 11.9. The Balaban J connectivity index is 1.91. The molecule has 0 aliphatic heterocycles. The van der Waals surface area contributed by atoms with Gasteiger partial charge in [0.15, 0.2) is 11.5 Å². The van der Waals surface area contributed by atoms with Gasteiger partial charge >= 0.3 is 0 Å². The first-order chi connectivity index (χ1) is 11.7. The molecule has 0 saturated carbocycles. The molecule has 24 heavy (non-hydrogen) atoms. The monoisotopic (exact) mass is 325 g/mol. The summed E-state index contributed by atoms with van der Waals surface area (Å²) in [5, 5.41) is 2.86. The van der Waals surface area contributed by atoms with Gasteiger partial charge in [0.1, 0.15) is 0 Å². The summed E-state index contributed by atoms with van der Waals surface area (Å²) in [5.74, 6) is 1.18. The molecule has 0 atom stereocenters. The van der Waals surface area contributed by atoms with Crippen LogP contribution in [0.25, 0.3) is 6.08 Å². The number of nitrogens with one attached hydrogen (secondary N) is 1. The molecular formula is C20H23NO3. The molecule has 0 fully saturated rings. The Bertz CT molecular complexity index is 705. The van der Waals surface area contributed by atoms with Crippen LogP contribution in [0.3, 0.4) is 0 Å². The molecule has 0 radical (unpaired) electrons. The van der Waals surface area contributed by atoms with Crippen LogP contribution >= 0.6 is 0 Å². The van der Waals surface area contributed by atoms with Crippen molar-refractivity contribution in [1.29, 1.82) is 0 Å². The summed E-state index contributed by atoms with van der Waals surface area (Å²) in [7, 11) is 3.18. The minimum absolute atomic E-state index is 0.135. The maximum absolute atomic E-state index is 11.9. The van der Waals surface area contributed by atoms with Gasteiger partial charge in [-0.1, -0.05) is 37.3 Å². The van der Waals surface area contributed by atoms with E-state index in [4.69, 9.17) is 9.47 Å². The fourth-order valence-electron chi connectivity index (χ4n) is 2.28. The van der Waals surface area contributed by atoms with Crippen LogP contribution < -0.4 is 14.8 Å². The Hall–Kier alpha value is -2.75. The summed E-state index contributed by atoms with van der Waals surface area (Å²) in [6.45, 7) is 2.55. The number of aryl methyl sites for hydroxylation is 1. The van der Waals surface area contributed by atoms with Gasteiger partial charge in [-0.3, -0.25) is 4.79 Å². The standard InChI is InChI=1S/C20H23NO3/c1-4-15-5-7-16(8-6-15)10-12-20(22)21-14-17-9-11-18(23-2)19(13-17)24-3/h5-13H,4,14H2,1-3H3,(H,21,22)/b12-10+. The molecule has 126 valence electrons. The van der Waals surface area contributed by atoms with E-state index in [1.165, 1.54) is 5.56 Å². The molecule has 0 saturated heterocycles. The highest BCUT2D eigenvalue weighted by atomic mass is 16.5. The van der Waals surface area contributed by atoms with Gasteiger partial charge in [-0.15, -0.1) is 0 Å². The maximum Gasteiger partial charge on any atom is 0.244 e. The maximum atomic E-state index is 11.9. The van der Waals surface area contributed by atoms with Crippen LogP contribution in [0.1, 0.15) is 23.6 Å². The Kier molecular flexibility index (Phi) is 6.43. The van der Waals surface area contributed by atoms with Crippen molar-refractivity contribution in [3.8, 4) is 11.5 Å². The zero-order valence-electron chi connectivity index (χ0n) is 14.3. The van der Waals surface area contributed by atoms with Crippen molar-refractivity contribution in [2.24, 2.45) is 0 Å². The molecule has 0 unspecified atom stereocenters. The number of hydrogen-bond donors (Lipinski definition) is 1. The van der Waals surface area contributed by atoms with Crippen molar-refractivity contribution < 1.29 is 14.3 Å². The normalized spacial score (nSPS) is 10.6. The van der Waals surface area contributed by atoms with E-state index in [-0.39, 0.29) is 5.91 Å². The number of methoxy groups -OCH3 is 2. The average Bonchev–Trinajstić information content (AvgIpc) is 2.64. The molecule has 2 rings (SSSR count). The average molecular weight is 325 g/mol. The van der Waals surface area contributed by atoms with Gasteiger partial charge in [0, 0.05) is 12.6 Å². The summed E-state index contributed by atoms with van der Waals surface area (Å²) in [5.41, 5.74) is 3.24. The number of hydrogen-bond acceptors (Lipinski definition) is 3. The minimum Gasteiger partial charge on any atom is -0.493 e. The summed E-state index contributed by atoms with van der Waals surface area (Å²) in [6, 6.07) is 13.7. The molecule has 0 aliphatic rings. The minimum atomic E-state index is -0.135. The summed E-state index contributed by atoms with van der Waals surface area (Å²) >= 11 is 0. The molecule has 4 nitrogen and oxygen atoms in total. The van der Waals surface area contributed by atoms with E-state index < -0.39 is 0 Å². The van der Waals surface area contributed by atoms with E-state index >= 15 is 0 Å². The van der Waals surface area contributed by atoms with Gasteiger partial charge in [-0.05, 0) is 41.3 Å². The van der Waals surface area contributed by atoms with Crippen molar-refractivity contribution in [1.82, 2.24) is 5.32 Å².